The lowest BCUT2D eigenvalue weighted by molar-refractivity contribution is -0.137. The van der Waals surface area contributed by atoms with E-state index in [1.165, 1.54) is 23.0 Å². The lowest BCUT2D eigenvalue weighted by Gasteiger charge is -2.32. The van der Waals surface area contributed by atoms with Gasteiger partial charge in [0.25, 0.3) is 10.0 Å². The quantitative estimate of drug-likeness (QED) is 0.0273. The van der Waals surface area contributed by atoms with Crippen LogP contribution in [0, 0.1) is 11.7 Å². The zero-order valence-corrected chi connectivity index (χ0v) is 53.8. The Labute approximate surface area is 539 Å². The van der Waals surface area contributed by atoms with Crippen molar-refractivity contribution in [2.24, 2.45) is 5.92 Å². The van der Waals surface area contributed by atoms with Gasteiger partial charge in [-0.05, 0) is 90.9 Å². The van der Waals surface area contributed by atoms with Crippen LogP contribution >= 0.6 is 35.3 Å². The van der Waals surface area contributed by atoms with Crippen molar-refractivity contribution < 1.29 is 92.4 Å². The van der Waals surface area contributed by atoms with E-state index in [1.54, 1.807) is 37.6 Å². The maximum Gasteiger partial charge on any atom is 0.416 e. The first kappa shape index (κ1) is 76.0. The fourth-order valence-electron chi connectivity index (χ4n) is 8.76. The number of aromatic nitrogens is 2. The van der Waals surface area contributed by atoms with Crippen molar-refractivity contribution >= 4 is 57.1 Å². The number of carbonyl (C=O) groups is 1. The summed E-state index contributed by atoms with van der Waals surface area (Å²) in [7, 11) is -2.78. The maximum absolute atomic E-state index is 15.6. The fraction of sp³-hybridized carbons (Fsp3) is 0.557. The van der Waals surface area contributed by atoms with Crippen molar-refractivity contribution in [2.75, 3.05) is 183 Å². The molecule has 6 rings (SSSR count). The van der Waals surface area contributed by atoms with Crippen LogP contribution in [0.4, 0.5) is 23.4 Å². The molecule has 0 radical (unpaired) electrons. The van der Waals surface area contributed by atoms with E-state index in [2.05, 4.69) is 20.0 Å². The van der Waals surface area contributed by atoms with E-state index < -0.39 is 32.5 Å². The van der Waals surface area contributed by atoms with Gasteiger partial charge in [0, 0.05) is 50.0 Å². The summed E-state index contributed by atoms with van der Waals surface area (Å²) < 4.78 is 157. The highest BCUT2D eigenvalue weighted by atomic mass is 35.5. The molecule has 3 aromatic carbocycles. The number of sulfonamides is 1. The summed E-state index contributed by atoms with van der Waals surface area (Å²) in [4.78, 5) is 22.5. The summed E-state index contributed by atoms with van der Waals surface area (Å²) >= 11 is 7.67. The molecule has 502 valence electrons. The molecule has 1 amide bonds. The molecule has 5 aromatic rings. The van der Waals surface area contributed by atoms with Crippen molar-refractivity contribution in [3.05, 3.63) is 106 Å². The maximum atomic E-state index is 15.6. The number of nitrogens with one attached hydrogen (secondary N) is 2. The average molecular weight is 1350 g/mol. The third kappa shape index (κ3) is 29.5. The van der Waals surface area contributed by atoms with Gasteiger partial charge in [-0.1, -0.05) is 29.8 Å². The lowest BCUT2D eigenvalue weighted by Crippen LogP contribution is -2.39. The summed E-state index contributed by atoms with van der Waals surface area (Å²) in [6, 6.07) is 15.0. The number of amides is 1. The van der Waals surface area contributed by atoms with Crippen LogP contribution in [0.3, 0.4) is 0 Å². The van der Waals surface area contributed by atoms with Gasteiger partial charge in [0.2, 0.25) is 5.91 Å². The molecule has 90 heavy (non-hydrogen) atoms. The number of ether oxygens (including phenoxy) is 13. The molecule has 2 N–H and O–H groups in total. The molecule has 0 aliphatic carbocycles. The van der Waals surface area contributed by atoms with Gasteiger partial charge < -0.3 is 71.8 Å². The average Bonchev–Trinajstić information content (AvgIpc) is 0.929. The number of anilines is 1. The van der Waals surface area contributed by atoms with E-state index >= 15 is 4.39 Å². The Morgan fingerprint density at radius 3 is 1.68 bits per heavy atom. The second-order valence-electron chi connectivity index (χ2n) is 19.9. The third-order valence-corrected chi connectivity index (χ3v) is 15.7. The van der Waals surface area contributed by atoms with E-state index in [0.29, 0.717) is 218 Å². The van der Waals surface area contributed by atoms with Gasteiger partial charge in [0.05, 0.1) is 180 Å². The van der Waals surface area contributed by atoms with Crippen molar-refractivity contribution in [3.8, 4) is 33.8 Å². The molecule has 0 atom stereocenters. The second-order valence-corrected chi connectivity index (χ2v) is 22.7. The largest absolute Gasteiger partial charge is 0.455 e. The van der Waals surface area contributed by atoms with E-state index in [1.807, 2.05) is 11.0 Å². The van der Waals surface area contributed by atoms with Crippen LogP contribution in [0.5, 0.6) is 11.5 Å². The summed E-state index contributed by atoms with van der Waals surface area (Å²) in [5.74, 6) is -0.701. The summed E-state index contributed by atoms with van der Waals surface area (Å²) in [5, 5.41) is 4.68. The van der Waals surface area contributed by atoms with Crippen LogP contribution in [-0.4, -0.2) is 208 Å². The number of nitrogens with zero attached hydrogens (tertiary/aromatic N) is 3. The molecule has 21 nitrogen and oxygen atoms in total. The normalized spacial score (nSPS) is 13.0. The smallest absolute Gasteiger partial charge is 0.416 e. The van der Waals surface area contributed by atoms with Gasteiger partial charge >= 0.3 is 6.18 Å². The molecule has 1 fully saturated rings. The standard InChI is InChI=1S/C61H82ClF4N5O16S2.ClH/c1-75-17-18-77-21-22-79-25-26-81-29-30-83-33-34-85-37-38-86-36-35-84-32-31-82-28-27-80-24-23-78-20-19-76-16-11-60(72)71-14-9-47(10-15-71)7-12-67-44-52-40-50(8-13-68-52)53-41-49(48-3-2-4-51(39-48)61(64,65)66)5-6-56(53)87-57-43-55(63)58(42-54(57)62)89(73,74)70-59-45-88-46-69-59;/h2-6,8,13,39-43,45-47,67,70H,7,9-12,14-38,44H2,1H3;1H. The van der Waals surface area contributed by atoms with Gasteiger partial charge in [0.1, 0.15) is 22.2 Å². The number of thiazole rings is 1. The Morgan fingerprint density at radius 1 is 0.644 bits per heavy atom. The Kier molecular flexibility index (Phi) is 37.1. The van der Waals surface area contributed by atoms with Crippen molar-refractivity contribution in [3.63, 3.8) is 0 Å². The number of methoxy groups -OCH3 is 1. The summed E-state index contributed by atoms with van der Waals surface area (Å²) in [5.41, 5.74) is 2.99. The number of pyridine rings is 1. The fourth-order valence-corrected chi connectivity index (χ4v) is 10.7. The van der Waals surface area contributed by atoms with Crippen LogP contribution in [-0.2, 0) is 84.4 Å². The zero-order chi connectivity index (χ0) is 63.2. The van der Waals surface area contributed by atoms with Gasteiger partial charge in [0.15, 0.2) is 5.82 Å². The number of piperidine rings is 1. The molecule has 1 aliphatic rings. The number of alkyl halides is 3. The van der Waals surface area contributed by atoms with E-state index in [4.69, 9.17) is 73.2 Å². The molecule has 0 saturated carbocycles. The minimum absolute atomic E-state index is 0. The van der Waals surface area contributed by atoms with Crippen molar-refractivity contribution in [1.29, 1.82) is 0 Å². The minimum Gasteiger partial charge on any atom is -0.455 e. The molecule has 1 aliphatic heterocycles. The van der Waals surface area contributed by atoms with Gasteiger partial charge in [-0.3, -0.25) is 14.5 Å². The van der Waals surface area contributed by atoms with Crippen molar-refractivity contribution in [2.45, 2.75) is 43.3 Å². The summed E-state index contributed by atoms with van der Waals surface area (Å²) in [6.07, 6.45) is -0.0580. The predicted molar refractivity (Wildman–Crippen MR) is 333 cm³/mol. The van der Waals surface area contributed by atoms with Gasteiger partial charge in [-0.15, -0.1) is 23.7 Å². The Hall–Kier alpha value is -4.76. The number of likely N-dealkylation sites (tertiary alicyclic amines) is 1. The molecule has 0 spiro atoms. The number of hydrogen-bond donors (Lipinski definition) is 2. The first-order valence-electron chi connectivity index (χ1n) is 29.5. The molecule has 2 aromatic heterocycles. The third-order valence-electron chi connectivity index (χ3n) is 13.4. The molecule has 3 heterocycles. The molecule has 29 heteroatoms. The predicted octanol–water partition coefficient (Wildman–Crippen LogP) is 9.64. The number of hydrogen-bond acceptors (Lipinski definition) is 20. The van der Waals surface area contributed by atoms with Crippen LogP contribution in [0.2, 0.25) is 5.02 Å². The van der Waals surface area contributed by atoms with Gasteiger partial charge in [-0.2, -0.15) is 13.2 Å². The topological polar surface area (TPSA) is 224 Å². The van der Waals surface area contributed by atoms with E-state index in [-0.39, 0.29) is 40.7 Å². The van der Waals surface area contributed by atoms with Gasteiger partial charge in [-0.25, -0.2) is 17.8 Å². The highest BCUT2D eigenvalue weighted by Gasteiger charge is 2.31. The molecule has 0 unspecified atom stereocenters. The molecule has 0 bridgehead atoms. The molecular formula is C61H83Cl2F4N5O16S2. The van der Waals surface area contributed by atoms with Crippen molar-refractivity contribution in [1.82, 2.24) is 20.2 Å². The Morgan fingerprint density at radius 2 is 1.17 bits per heavy atom. The first-order chi connectivity index (χ1) is 43.3. The minimum atomic E-state index is -4.57. The van der Waals surface area contributed by atoms with Crippen LogP contribution in [0.15, 0.2) is 88.7 Å². The molecule has 1 saturated heterocycles. The number of halogens is 6. The SMILES string of the molecule is COCCOCCOCCOCCOCCOCCOCCOCCOCCOCCOCCOCCC(=O)N1CCC(CCNCc2cc(-c3cc(-c4cccc(C(F)(F)F)c4)ccc3Oc3cc(F)c(S(=O)(=O)Nc4cscn4)cc3Cl)ccn2)CC1.Cl. The second kappa shape index (κ2) is 44.0. The first-order valence-corrected chi connectivity index (χ1v) is 32.3. The molecular weight excluding hydrogens is 1270 g/mol. The Bertz CT molecular complexity index is 2890. The van der Waals surface area contributed by atoms with Crippen LogP contribution in [0.1, 0.15) is 36.9 Å². The highest BCUT2D eigenvalue weighted by Crippen LogP contribution is 2.41. The summed E-state index contributed by atoms with van der Waals surface area (Å²) in [6.45, 7) is 13.1. The number of carbonyl (C=O) groups excluding carboxylic acids is 1. The van der Waals surface area contributed by atoms with E-state index in [9.17, 15) is 26.4 Å². The zero-order valence-electron chi connectivity index (χ0n) is 50.6. The number of benzene rings is 3. The highest BCUT2D eigenvalue weighted by molar-refractivity contribution is 7.92. The van der Waals surface area contributed by atoms with E-state index in [0.717, 1.165) is 54.9 Å². The lowest BCUT2D eigenvalue weighted by atomic mass is 9.93. The van der Waals surface area contributed by atoms with Crippen LogP contribution in [0.25, 0.3) is 22.3 Å². The monoisotopic (exact) mass is 1350 g/mol. The van der Waals surface area contributed by atoms with Crippen LogP contribution < -0.4 is 14.8 Å². The Balaban J connectivity index is 0.0000147. The number of rotatable bonds is 48.